The molecule has 0 spiro atoms. The first-order valence-corrected chi connectivity index (χ1v) is 11.8. The van der Waals surface area contributed by atoms with E-state index in [0.717, 1.165) is 12.1 Å². The summed E-state index contributed by atoms with van der Waals surface area (Å²) in [5, 5.41) is 4.34. The summed E-state index contributed by atoms with van der Waals surface area (Å²) in [5.41, 5.74) is 1.79. The number of ether oxygens (including phenoxy) is 1. The lowest BCUT2D eigenvalue weighted by molar-refractivity contribution is 0.143. The van der Waals surface area contributed by atoms with Crippen LogP contribution in [-0.2, 0) is 29.7 Å². The third-order valence-corrected chi connectivity index (χ3v) is 7.61. The Morgan fingerprint density at radius 2 is 1.97 bits per heavy atom. The molecule has 10 heteroatoms. The molecule has 0 N–H and O–H groups in total. The van der Waals surface area contributed by atoms with Crippen LogP contribution in [0.2, 0.25) is 0 Å². The van der Waals surface area contributed by atoms with E-state index in [-0.39, 0.29) is 29.5 Å². The fourth-order valence-electron chi connectivity index (χ4n) is 4.24. The second-order valence-corrected chi connectivity index (χ2v) is 9.66. The smallest absolute Gasteiger partial charge is 0.249 e. The van der Waals surface area contributed by atoms with Gasteiger partial charge in [0, 0.05) is 50.3 Å². The van der Waals surface area contributed by atoms with Crippen molar-refractivity contribution in [2.75, 3.05) is 13.1 Å². The molecule has 3 aromatic heterocycles. The minimum atomic E-state index is -3.81. The molecule has 0 aliphatic carbocycles. The van der Waals surface area contributed by atoms with Gasteiger partial charge in [-0.3, -0.25) is 14.6 Å². The van der Waals surface area contributed by atoms with Gasteiger partial charge in [0.05, 0.1) is 24.5 Å². The van der Waals surface area contributed by atoms with Gasteiger partial charge < -0.3 is 4.74 Å². The first-order chi connectivity index (χ1) is 15.0. The zero-order valence-corrected chi connectivity index (χ0v) is 18.0. The van der Waals surface area contributed by atoms with E-state index in [2.05, 4.69) is 20.0 Å². The van der Waals surface area contributed by atoms with E-state index in [9.17, 15) is 8.42 Å². The van der Waals surface area contributed by atoms with Crippen LogP contribution in [0.1, 0.15) is 18.2 Å². The van der Waals surface area contributed by atoms with E-state index < -0.39 is 10.0 Å². The Bertz CT molecular complexity index is 1170. The first-order valence-electron chi connectivity index (χ1n) is 10.3. The fraction of sp³-hybridized carbons (Fsp3) is 0.381. The minimum Gasteiger partial charge on any atom is -0.470 e. The van der Waals surface area contributed by atoms with Crippen LogP contribution in [-0.4, -0.2) is 62.6 Å². The standard InChI is InChI=1S/C21H24N6O3S/c1-2-26-12-16(10-24-26)11-25-14-18-19(15-25)30-21-20(7-5-9-23-21)31(28,29)27(18)13-17-6-3-4-8-22-17/h3-10,12,18-19H,2,11,13-15H2,1H3/t18-,19-/m1/s1. The van der Waals surface area contributed by atoms with E-state index in [1.807, 2.05) is 42.2 Å². The van der Waals surface area contributed by atoms with Crippen molar-refractivity contribution in [3.8, 4) is 5.88 Å². The van der Waals surface area contributed by atoms with Crippen LogP contribution in [0.5, 0.6) is 5.88 Å². The Balaban J connectivity index is 1.48. The highest BCUT2D eigenvalue weighted by molar-refractivity contribution is 7.89. The van der Waals surface area contributed by atoms with Crippen molar-refractivity contribution in [2.24, 2.45) is 0 Å². The molecule has 0 radical (unpaired) electrons. The zero-order valence-electron chi connectivity index (χ0n) is 17.2. The van der Waals surface area contributed by atoms with Gasteiger partial charge in [0.15, 0.2) is 0 Å². The average Bonchev–Trinajstić information content (AvgIpc) is 3.38. The number of hydrogen-bond acceptors (Lipinski definition) is 7. The topological polar surface area (TPSA) is 93.5 Å². The summed E-state index contributed by atoms with van der Waals surface area (Å²) in [6, 6.07) is 8.36. The largest absolute Gasteiger partial charge is 0.470 e. The number of aryl methyl sites for hydroxylation is 1. The van der Waals surface area contributed by atoms with E-state index in [0.29, 0.717) is 25.3 Å². The molecule has 0 unspecified atom stereocenters. The van der Waals surface area contributed by atoms with Gasteiger partial charge in [-0.05, 0) is 31.2 Å². The summed E-state index contributed by atoms with van der Waals surface area (Å²) >= 11 is 0. The summed E-state index contributed by atoms with van der Waals surface area (Å²) in [6.45, 7) is 4.89. The maximum absolute atomic E-state index is 13.6. The van der Waals surface area contributed by atoms with Crippen molar-refractivity contribution in [3.05, 3.63) is 66.4 Å². The molecule has 0 bridgehead atoms. The molecule has 1 fully saturated rings. The normalized spacial score (nSPS) is 23.0. The molecule has 0 amide bonds. The van der Waals surface area contributed by atoms with Crippen molar-refractivity contribution in [3.63, 3.8) is 0 Å². The number of pyridine rings is 2. The molecule has 2 aliphatic heterocycles. The Labute approximate surface area is 181 Å². The molecule has 5 heterocycles. The number of rotatable bonds is 5. The quantitative estimate of drug-likeness (QED) is 0.594. The van der Waals surface area contributed by atoms with Crippen molar-refractivity contribution < 1.29 is 13.2 Å². The molecule has 5 rings (SSSR count). The van der Waals surface area contributed by atoms with Crippen LogP contribution in [0.25, 0.3) is 0 Å². The highest BCUT2D eigenvalue weighted by atomic mass is 32.2. The maximum atomic E-state index is 13.6. The van der Waals surface area contributed by atoms with Crippen LogP contribution in [0, 0.1) is 0 Å². The number of likely N-dealkylation sites (tertiary alicyclic amines) is 1. The second kappa shape index (κ2) is 8.03. The predicted octanol–water partition coefficient (Wildman–Crippen LogP) is 1.53. The lowest BCUT2D eigenvalue weighted by atomic mass is 10.2. The Hall–Kier alpha value is -2.82. The van der Waals surface area contributed by atoms with Crippen molar-refractivity contribution in [1.82, 2.24) is 29.0 Å². The van der Waals surface area contributed by atoms with Gasteiger partial charge in [0.1, 0.15) is 11.0 Å². The third-order valence-electron chi connectivity index (χ3n) is 5.73. The number of nitrogens with zero attached hydrogens (tertiary/aromatic N) is 6. The molecule has 1 saturated heterocycles. The van der Waals surface area contributed by atoms with Crippen molar-refractivity contribution in [2.45, 2.75) is 43.6 Å². The highest BCUT2D eigenvalue weighted by Gasteiger charge is 2.47. The lowest BCUT2D eigenvalue weighted by Crippen LogP contribution is -2.46. The molecule has 0 saturated carbocycles. The first kappa shape index (κ1) is 20.1. The average molecular weight is 441 g/mol. The number of fused-ring (bicyclic) bond motifs is 2. The van der Waals surface area contributed by atoms with Crippen LogP contribution in [0.4, 0.5) is 0 Å². The molecule has 0 aromatic carbocycles. The minimum absolute atomic E-state index is 0.108. The molecule has 2 aliphatic rings. The number of aromatic nitrogens is 4. The highest BCUT2D eigenvalue weighted by Crippen LogP contribution is 2.35. The Morgan fingerprint density at radius 1 is 1.10 bits per heavy atom. The summed E-state index contributed by atoms with van der Waals surface area (Å²) in [4.78, 5) is 10.9. The summed E-state index contributed by atoms with van der Waals surface area (Å²) in [5.74, 6) is 0.168. The Morgan fingerprint density at radius 3 is 2.74 bits per heavy atom. The monoisotopic (exact) mass is 440 g/mol. The van der Waals surface area contributed by atoms with E-state index in [4.69, 9.17) is 4.74 Å². The molecule has 31 heavy (non-hydrogen) atoms. The van der Waals surface area contributed by atoms with Crippen LogP contribution < -0.4 is 4.74 Å². The van der Waals surface area contributed by atoms with Gasteiger partial charge >= 0.3 is 0 Å². The van der Waals surface area contributed by atoms with E-state index >= 15 is 0 Å². The molecular formula is C21H24N6O3S. The molecule has 162 valence electrons. The van der Waals surface area contributed by atoms with Gasteiger partial charge in [0.25, 0.3) is 0 Å². The maximum Gasteiger partial charge on any atom is 0.249 e. The van der Waals surface area contributed by atoms with Crippen LogP contribution in [0.15, 0.2) is 60.0 Å². The zero-order chi connectivity index (χ0) is 21.4. The predicted molar refractivity (Wildman–Crippen MR) is 113 cm³/mol. The molecule has 2 atom stereocenters. The van der Waals surface area contributed by atoms with Gasteiger partial charge in [0.2, 0.25) is 15.9 Å². The summed E-state index contributed by atoms with van der Waals surface area (Å²) < 4.78 is 36.8. The van der Waals surface area contributed by atoms with Gasteiger partial charge in [-0.1, -0.05) is 6.07 Å². The van der Waals surface area contributed by atoms with E-state index in [1.54, 1.807) is 24.5 Å². The SMILES string of the molecule is CCn1cc(CN2C[C@@H]3[C@@H](C2)Oc2ncccc2S(=O)(=O)N3Cc2ccccn2)cn1. The van der Waals surface area contributed by atoms with Crippen molar-refractivity contribution >= 4 is 10.0 Å². The van der Waals surface area contributed by atoms with Crippen LogP contribution in [0.3, 0.4) is 0 Å². The molecular weight excluding hydrogens is 416 g/mol. The fourth-order valence-corrected chi connectivity index (χ4v) is 5.92. The summed E-state index contributed by atoms with van der Waals surface area (Å²) in [6.07, 6.45) is 6.79. The molecule has 3 aromatic rings. The second-order valence-electron chi connectivity index (χ2n) is 7.80. The van der Waals surface area contributed by atoms with Crippen LogP contribution >= 0.6 is 0 Å². The lowest BCUT2D eigenvalue weighted by Gasteiger charge is -2.27. The van der Waals surface area contributed by atoms with Gasteiger partial charge in [-0.2, -0.15) is 9.40 Å². The molecule has 9 nitrogen and oxygen atoms in total. The third kappa shape index (κ3) is 3.82. The van der Waals surface area contributed by atoms with E-state index in [1.165, 1.54) is 4.31 Å². The van der Waals surface area contributed by atoms with Gasteiger partial charge in [-0.15, -0.1) is 0 Å². The van der Waals surface area contributed by atoms with Crippen molar-refractivity contribution in [1.29, 1.82) is 0 Å². The number of sulfonamides is 1. The summed E-state index contributed by atoms with van der Waals surface area (Å²) in [7, 11) is -3.81. The Kier molecular flexibility index (Phi) is 5.20. The van der Waals surface area contributed by atoms with Gasteiger partial charge in [-0.25, -0.2) is 13.4 Å². The number of hydrogen-bond donors (Lipinski definition) is 0.